The van der Waals surface area contributed by atoms with Gasteiger partial charge in [0.25, 0.3) is 0 Å². The van der Waals surface area contributed by atoms with E-state index in [1.165, 1.54) is 19.4 Å². The Morgan fingerprint density at radius 2 is 1.94 bits per heavy atom. The maximum atomic E-state index is 13.6. The van der Waals surface area contributed by atoms with Crippen molar-refractivity contribution in [2.75, 3.05) is 12.3 Å². The summed E-state index contributed by atoms with van der Waals surface area (Å²) in [5.74, 6) is -0.444. The normalized spacial score (nSPS) is 13.7. The number of carbonyl (C=O) groups excluding carboxylic acids is 1. The average molecular weight is 483 g/mol. The summed E-state index contributed by atoms with van der Waals surface area (Å²) in [5.41, 5.74) is -0.213. The molecule has 8 nitrogen and oxygen atoms in total. The summed E-state index contributed by atoms with van der Waals surface area (Å²) < 4.78 is 43.7. The van der Waals surface area contributed by atoms with E-state index in [0.717, 1.165) is 33.1 Å². The number of aromatic nitrogens is 5. The predicted octanol–water partition coefficient (Wildman–Crippen LogP) is 2.97. The van der Waals surface area contributed by atoms with E-state index in [1.54, 1.807) is 6.92 Å². The first-order valence-electron chi connectivity index (χ1n) is 10.1. The third kappa shape index (κ3) is 5.22. The highest BCUT2D eigenvalue weighted by molar-refractivity contribution is 7.99. The third-order valence-electron chi connectivity index (χ3n) is 5.20. The molecule has 0 saturated carbocycles. The van der Waals surface area contributed by atoms with Crippen molar-refractivity contribution in [1.82, 2.24) is 29.6 Å². The number of hydrogen-bond acceptors (Lipinski definition) is 6. The van der Waals surface area contributed by atoms with Crippen molar-refractivity contribution in [3.8, 4) is 5.69 Å². The highest BCUT2D eigenvalue weighted by Gasteiger charge is 2.57. The molecule has 1 unspecified atom stereocenters. The predicted molar refractivity (Wildman–Crippen MR) is 117 cm³/mol. The first-order valence-corrected chi connectivity index (χ1v) is 11.1. The zero-order valence-electron chi connectivity index (χ0n) is 18.6. The number of aryl methyl sites for hydroxylation is 4. The maximum Gasteiger partial charge on any atom is 0.424 e. The van der Waals surface area contributed by atoms with Gasteiger partial charge in [-0.15, -0.1) is 10.2 Å². The molecule has 0 fully saturated rings. The molecule has 12 heteroatoms. The van der Waals surface area contributed by atoms with Gasteiger partial charge in [-0.3, -0.25) is 9.36 Å². The Bertz CT molecular complexity index is 1140. The molecule has 2 N–H and O–H groups in total. The van der Waals surface area contributed by atoms with Crippen molar-refractivity contribution in [2.24, 2.45) is 7.05 Å². The van der Waals surface area contributed by atoms with E-state index in [9.17, 15) is 23.1 Å². The van der Waals surface area contributed by atoms with Crippen molar-refractivity contribution in [1.29, 1.82) is 0 Å². The molecular weight excluding hydrogens is 457 g/mol. The Morgan fingerprint density at radius 3 is 2.58 bits per heavy atom. The molecular formula is C21H25F3N6O2S. The summed E-state index contributed by atoms with van der Waals surface area (Å²) in [6.07, 6.45) is -3.23. The van der Waals surface area contributed by atoms with Gasteiger partial charge in [0.05, 0.1) is 11.4 Å². The molecule has 1 atom stereocenters. The molecule has 0 aliphatic heterocycles. The molecule has 33 heavy (non-hydrogen) atoms. The minimum atomic E-state index is -4.95. The number of hydrogen-bond donors (Lipinski definition) is 2. The lowest BCUT2D eigenvalue weighted by Crippen LogP contribution is -2.46. The number of amides is 1. The number of carbonyl (C=O) groups is 1. The van der Waals surface area contributed by atoms with Crippen molar-refractivity contribution in [2.45, 2.75) is 44.1 Å². The van der Waals surface area contributed by atoms with Crippen LogP contribution in [0.4, 0.5) is 13.2 Å². The van der Waals surface area contributed by atoms with E-state index in [2.05, 4.69) is 20.5 Å². The van der Waals surface area contributed by atoms with Crippen molar-refractivity contribution in [3.63, 3.8) is 0 Å². The van der Waals surface area contributed by atoms with Crippen LogP contribution >= 0.6 is 11.8 Å². The van der Waals surface area contributed by atoms with E-state index in [-0.39, 0.29) is 12.3 Å². The number of nitrogens with one attached hydrogen (secondary N) is 1. The lowest BCUT2D eigenvalue weighted by atomic mass is 9.97. The molecule has 3 rings (SSSR count). The molecule has 2 aromatic heterocycles. The van der Waals surface area contributed by atoms with Gasteiger partial charge in [-0.2, -0.15) is 13.2 Å². The lowest BCUT2D eigenvalue weighted by molar-refractivity contribution is -0.272. The first kappa shape index (κ1) is 24.8. The van der Waals surface area contributed by atoms with E-state index < -0.39 is 29.9 Å². The maximum absolute atomic E-state index is 13.6. The molecule has 178 valence electrons. The highest BCUT2D eigenvalue weighted by Crippen LogP contribution is 2.40. The van der Waals surface area contributed by atoms with E-state index in [4.69, 9.17) is 0 Å². The number of benzene rings is 1. The number of nitrogens with zero attached hydrogens (tertiary/aromatic N) is 5. The van der Waals surface area contributed by atoms with Gasteiger partial charge in [0, 0.05) is 32.4 Å². The fourth-order valence-corrected chi connectivity index (χ4v) is 4.20. The van der Waals surface area contributed by atoms with Crippen LogP contribution in [-0.2, 0) is 17.4 Å². The third-order valence-corrected chi connectivity index (χ3v) is 6.13. The summed E-state index contributed by atoms with van der Waals surface area (Å²) >= 11 is 1.13. The second kappa shape index (κ2) is 9.56. The second-order valence-electron chi connectivity index (χ2n) is 7.76. The Labute approximate surface area is 193 Å². The van der Waals surface area contributed by atoms with Crippen molar-refractivity contribution >= 4 is 17.7 Å². The van der Waals surface area contributed by atoms with E-state index in [0.29, 0.717) is 11.0 Å². The summed E-state index contributed by atoms with van der Waals surface area (Å²) in [6.45, 7) is 5.34. The van der Waals surface area contributed by atoms with Crippen LogP contribution in [0.3, 0.4) is 0 Å². The number of imidazole rings is 1. The van der Waals surface area contributed by atoms with Gasteiger partial charge in [-0.1, -0.05) is 23.9 Å². The monoisotopic (exact) mass is 482 g/mol. The summed E-state index contributed by atoms with van der Waals surface area (Å²) in [4.78, 5) is 15.9. The highest BCUT2D eigenvalue weighted by atomic mass is 32.2. The number of halogens is 3. The number of alkyl halides is 3. The Balaban J connectivity index is 1.64. The minimum Gasteiger partial charge on any atom is -0.374 e. The van der Waals surface area contributed by atoms with Gasteiger partial charge in [-0.25, -0.2) is 4.98 Å². The quantitative estimate of drug-likeness (QED) is 0.479. The van der Waals surface area contributed by atoms with Crippen molar-refractivity contribution in [3.05, 3.63) is 53.4 Å². The average Bonchev–Trinajstić information content (AvgIpc) is 3.33. The first-order chi connectivity index (χ1) is 15.4. The van der Waals surface area contributed by atoms with Gasteiger partial charge in [0.1, 0.15) is 11.6 Å². The van der Waals surface area contributed by atoms with Crippen molar-refractivity contribution < 1.29 is 23.1 Å². The van der Waals surface area contributed by atoms with Crippen LogP contribution in [0.1, 0.15) is 29.2 Å². The smallest absolute Gasteiger partial charge is 0.374 e. The Hall–Kier alpha value is -2.86. The molecule has 1 amide bonds. The number of rotatable bonds is 8. The summed E-state index contributed by atoms with van der Waals surface area (Å²) in [7, 11) is 1.36. The van der Waals surface area contributed by atoms with Gasteiger partial charge >= 0.3 is 6.18 Å². The van der Waals surface area contributed by atoms with Crippen LogP contribution < -0.4 is 5.32 Å². The molecule has 0 spiro atoms. The lowest BCUT2D eigenvalue weighted by Gasteiger charge is -2.29. The summed E-state index contributed by atoms with van der Waals surface area (Å²) in [6, 6.07) is 5.96. The van der Waals surface area contributed by atoms with Gasteiger partial charge in [-0.05, 0) is 38.0 Å². The molecule has 2 heterocycles. The van der Waals surface area contributed by atoms with E-state index >= 15 is 0 Å². The molecule has 0 bridgehead atoms. The Morgan fingerprint density at radius 1 is 1.21 bits per heavy atom. The van der Waals surface area contributed by atoms with Gasteiger partial charge in [0.15, 0.2) is 5.16 Å². The molecule has 0 saturated heterocycles. The Kier molecular flexibility index (Phi) is 7.17. The summed E-state index contributed by atoms with van der Waals surface area (Å²) in [5, 5.41) is 21.5. The molecule has 1 aromatic carbocycles. The number of thioether (sulfide) groups is 1. The SMILES string of the molecule is Cc1ccc(C)c(-n2c(C)nnc2SCC(=O)NCCC(O)(c2nccn2C)C(F)(F)F)c1. The van der Waals surface area contributed by atoms with Crippen LogP contribution in [0.5, 0.6) is 0 Å². The molecule has 0 aliphatic carbocycles. The second-order valence-corrected chi connectivity index (χ2v) is 8.71. The van der Waals surface area contributed by atoms with Crippen LogP contribution in [0.15, 0.2) is 35.7 Å². The van der Waals surface area contributed by atoms with Crippen LogP contribution in [0.25, 0.3) is 5.69 Å². The van der Waals surface area contributed by atoms with Crippen LogP contribution in [0, 0.1) is 20.8 Å². The van der Waals surface area contributed by atoms with E-state index in [1.807, 2.05) is 36.6 Å². The largest absolute Gasteiger partial charge is 0.424 e. The topological polar surface area (TPSA) is 97.9 Å². The standard InChI is InChI=1S/C21H25F3N6O2S/c1-13-5-6-14(2)16(11-13)30-15(3)27-28-19(30)33-12-17(31)25-8-7-20(32,21(22,23)24)18-26-9-10-29(18)4/h5-6,9-11,32H,7-8,12H2,1-4H3,(H,25,31). The fraction of sp³-hybridized carbons (Fsp3) is 0.429. The number of aliphatic hydroxyl groups is 1. The fourth-order valence-electron chi connectivity index (χ4n) is 3.38. The zero-order chi connectivity index (χ0) is 24.4. The minimum absolute atomic E-state index is 0.0736. The molecule has 3 aromatic rings. The van der Waals surface area contributed by atoms with Gasteiger partial charge < -0.3 is 15.0 Å². The zero-order valence-corrected chi connectivity index (χ0v) is 19.5. The molecule has 0 radical (unpaired) electrons. The molecule has 0 aliphatic rings. The van der Waals surface area contributed by atoms with Gasteiger partial charge in [0.2, 0.25) is 11.5 Å². The van der Waals surface area contributed by atoms with Crippen LogP contribution in [0.2, 0.25) is 0 Å². The van der Waals surface area contributed by atoms with Crippen LogP contribution in [-0.4, -0.2) is 53.8 Å².